The minimum Gasteiger partial charge on any atom is -0.374 e. The molecule has 10 heavy (non-hydrogen) atoms. The van der Waals surface area contributed by atoms with Crippen LogP contribution in [0.2, 0.25) is 0 Å². The second kappa shape index (κ2) is 4.20. The van der Waals surface area contributed by atoms with Gasteiger partial charge in [0.2, 0.25) is 3.83 Å². The zero-order valence-electron chi connectivity index (χ0n) is 5.50. The molecule has 0 fully saturated rings. The van der Waals surface area contributed by atoms with Crippen molar-refractivity contribution in [2.75, 3.05) is 6.61 Å². The van der Waals surface area contributed by atoms with E-state index in [0.29, 0.717) is 6.61 Å². The first-order chi connectivity index (χ1) is 4.83. The monoisotopic (exact) mass is 270 g/mol. The lowest BCUT2D eigenvalue weighted by Crippen LogP contribution is -1.90. The van der Waals surface area contributed by atoms with E-state index in [1.54, 1.807) is 0 Å². The fourth-order valence-corrected chi connectivity index (χ4v) is 1.72. The summed E-state index contributed by atoms with van der Waals surface area (Å²) in [6, 6.07) is 0. The molecule has 56 valence electrons. The summed E-state index contributed by atoms with van der Waals surface area (Å²) >= 11 is 3.48. The van der Waals surface area contributed by atoms with Gasteiger partial charge in [0.05, 0.1) is 0 Å². The van der Waals surface area contributed by atoms with Crippen LogP contribution in [0.15, 0.2) is 0 Å². The molecule has 3 nitrogen and oxygen atoms in total. The fourth-order valence-electron chi connectivity index (χ4n) is 0.482. The normalized spacial score (nSPS) is 10.2. The summed E-state index contributed by atoms with van der Waals surface area (Å²) in [7, 11) is 0. The smallest absolute Gasteiger partial charge is 0.203 e. The number of aromatic nitrogens is 2. The van der Waals surface area contributed by atoms with Crippen LogP contribution in [0.3, 0.4) is 0 Å². The van der Waals surface area contributed by atoms with Crippen molar-refractivity contribution < 1.29 is 4.74 Å². The Balaban J connectivity index is 2.42. The number of halogens is 1. The van der Waals surface area contributed by atoms with E-state index >= 15 is 0 Å². The molecular formula is C5H7IN2OS. The summed E-state index contributed by atoms with van der Waals surface area (Å²) in [6.07, 6.45) is 0. The van der Waals surface area contributed by atoms with Crippen molar-refractivity contribution in [1.29, 1.82) is 0 Å². The molecule has 0 radical (unpaired) electrons. The van der Waals surface area contributed by atoms with Gasteiger partial charge in [0, 0.05) is 29.2 Å². The van der Waals surface area contributed by atoms with Gasteiger partial charge < -0.3 is 4.74 Å². The van der Waals surface area contributed by atoms with Crippen molar-refractivity contribution in [3.63, 3.8) is 0 Å². The molecule has 5 heteroatoms. The maximum atomic E-state index is 5.14. The first kappa shape index (κ1) is 8.35. The van der Waals surface area contributed by atoms with Gasteiger partial charge in [-0.15, -0.1) is 0 Å². The molecule has 1 aromatic rings. The summed E-state index contributed by atoms with van der Waals surface area (Å²) < 4.78 is 9.95. The van der Waals surface area contributed by atoms with Gasteiger partial charge in [0.25, 0.3) is 0 Å². The second-order valence-electron chi connectivity index (χ2n) is 1.59. The van der Waals surface area contributed by atoms with Gasteiger partial charge >= 0.3 is 0 Å². The van der Waals surface area contributed by atoms with Crippen LogP contribution in [-0.2, 0) is 11.3 Å². The Morgan fingerprint density at radius 2 is 2.50 bits per heavy atom. The average Bonchev–Trinajstić information content (AvgIpc) is 2.31. The molecule has 0 bridgehead atoms. The Labute approximate surface area is 77.1 Å². The lowest BCUT2D eigenvalue weighted by molar-refractivity contribution is 0.134. The van der Waals surface area contributed by atoms with Gasteiger partial charge in [-0.05, 0) is 18.5 Å². The quantitative estimate of drug-likeness (QED) is 0.784. The van der Waals surface area contributed by atoms with E-state index < -0.39 is 0 Å². The molecule has 0 aliphatic rings. The highest BCUT2D eigenvalue weighted by Gasteiger charge is 1.98. The SMILES string of the molecule is CCOCc1nc(I)ns1. The summed E-state index contributed by atoms with van der Waals surface area (Å²) in [5.74, 6) is 0. The van der Waals surface area contributed by atoms with Gasteiger partial charge in [-0.3, -0.25) is 0 Å². The van der Waals surface area contributed by atoms with Crippen LogP contribution in [0.4, 0.5) is 0 Å². The lowest BCUT2D eigenvalue weighted by atomic mass is 10.7. The van der Waals surface area contributed by atoms with E-state index in [2.05, 4.69) is 31.9 Å². The Hall–Kier alpha value is 0.250. The van der Waals surface area contributed by atoms with Crippen molar-refractivity contribution in [2.45, 2.75) is 13.5 Å². The minimum atomic E-state index is 0.594. The maximum absolute atomic E-state index is 5.14. The largest absolute Gasteiger partial charge is 0.374 e. The van der Waals surface area contributed by atoms with E-state index in [4.69, 9.17) is 4.74 Å². The van der Waals surface area contributed by atoms with Crippen LogP contribution in [0.1, 0.15) is 11.9 Å². The molecule has 0 saturated heterocycles. The molecule has 0 N–H and O–H groups in total. The lowest BCUT2D eigenvalue weighted by Gasteiger charge is -1.92. The molecule has 0 amide bonds. The Morgan fingerprint density at radius 3 is 3.00 bits per heavy atom. The van der Waals surface area contributed by atoms with Gasteiger partial charge in [-0.2, -0.15) is 4.37 Å². The fraction of sp³-hybridized carbons (Fsp3) is 0.600. The van der Waals surface area contributed by atoms with E-state index in [-0.39, 0.29) is 0 Å². The third-order valence-corrected chi connectivity index (χ3v) is 2.37. The number of hydrogen-bond donors (Lipinski definition) is 0. The van der Waals surface area contributed by atoms with Crippen molar-refractivity contribution >= 4 is 34.1 Å². The minimum absolute atomic E-state index is 0.594. The molecule has 0 aromatic carbocycles. The Kier molecular flexibility index (Phi) is 3.50. The molecule has 1 rings (SSSR count). The van der Waals surface area contributed by atoms with Gasteiger partial charge in [-0.1, -0.05) is 0 Å². The van der Waals surface area contributed by atoms with Crippen LogP contribution >= 0.6 is 34.1 Å². The van der Waals surface area contributed by atoms with Crippen LogP contribution in [0, 0.1) is 3.83 Å². The topological polar surface area (TPSA) is 35.0 Å². The van der Waals surface area contributed by atoms with E-state index in [0.717, 1.165) is 15.4 Å². The van der Waals surface area contributed by atoms with Gasteiger partial charge in [0.1, 0.15) is 11.6 Å². The molecule has 0 atom stereocenters. The van der Waals surface area contributed by atoms with E-state index in [9.17, 15) is 0 Å². The summed E-state index contributed by atoms with van der Waals surface area (Å²) in [4.78, 5) is 4.12. The summed E-state index contributed by atoms with van der Waals surface area (Å²) in [5.41, 5.74) is 0. The highest BCUT2D eigenvalue weighted by Crippen LogP contribution is 2.07. The zero-order chi connectivity index (χ0) is 7.40. The molecular weight excluding hydrogens is 263 g/mol. The van der Waals surface area contributed by atoms with Gasteiger partial charge in [-0.25, -0.2) is 4.98 Å². The standard InChI is InChI=1S/C5H7IN2OS/c1-2-9-3-4-7-5(6)8-10-4/h2-3H2,1H3. The predicted molar refractivity (Wildman–Crippen MR) is 48.0 cm³/mol. The van der Waals surface area contributed by atoms with Crippen LogP contribution in [0.25, 0.3) is 0 Å². The first-order valence-corrected chi connectivity index (χ1v) is 4.74. The third-order valence-electron chi connectivity index (χ3n) is 0.873. The molecule has 0 aliphatic carbocycles. The van der Waals surface area contributed by atoms with Gasteiger partial charge in [0.15, 0.2) is 0 Å². The van der Waals surface area contributed by atoms with Crippen molar-refractivity contribution in [2.24, 2.45) is 0 Å². The van der Waals surface area contributed by atoms with Crippen LogP contribution in [0.5, 0.6) is 0 Å². The average molecular weight is 270 g/mol. The molecule has 1 heterocycles. The Bertz CT molecular complexity index is 203. The molecule has 0 spiro atoms. The van der Waals surface area contributed by atoms with Crippen molar-refractivity contribution in [1.82, 2.24) is 9.36 Å². The predicted octanol–water partition coefficient (Wildman–Crippen LogP) is 1.68. The number of ether oxygens (including phenoxy) is 1. The van der Waals surface area contributed by atoms with Crippen molar-refractivity contribution in [3.8, 4) is 0 Å². The first-order valence-electron chi connectivity index (χ1n) is 2.88. The highest BCUT2D eigenvalue weighted by molar-refractivity contribution is 14.1. The molecule has 0 saturated carbocycles. The van der Waals surface area contributed by atoms with Crippen LogP contribution < -0.4 is 0 Å². The third kappa shape index (κ3) is 2.47. The zero-order valence-corrected chi connectivity index (χ0v) is 8.48. The molecule has 0 aliphatic heterocycles. The van der Waals surface area contributed by atoms with Crippen molar-refractivity contribution in [3.05, 3.63) is 8.84 Å². The maximum Gasteiger partial charge on any atom is 0.203 e. The number of nitrogens with zero attached hydrogens (tertiary/aromatic N) is 2. The second-order valence-corrected chi connectivity index (χ2v) is 3.40. The highest BCUT2D eigenvalue weighted by atomic mass is 127. The van der Waals surface area contributed by atoms with Crippen LogP contribution in [-0.4, -0.2) is 16.0 Å². The van der Waals surface area contributed by atoms with E-state index in [1.807, 2.05) is 6.92 Å². The number of hydrogen-bond acceptors (Lipinski definition) is 4. The summed E-state index contributed by atoms with van der Waals surface area (Å²) in [6.45, 7) is 3.29. The summed E-state index contributed by atoms with van der Waals surface area (Å²) in [5, 5.41) is 0.950. The Morgan fingerprint density at radius 1 is 1.70 bits per heavy atom. The van der Waals surface area contributed by atoms with E-state index in [1.165, 1.54) is 11.5 Å². The molecule has 1 aromatic heterocycles. The number of rotatable bonds is 3. The molecule has 0 unspecified atom stereocenters.